The minimum Gasteiger partial charge on any atom is -0.0726 e. The summed E-state index contributed by atoms with van der Waals surface area (Å²) in [5.41, 5.74) is 6.34. The van der Waals surface area contributed by atoms with E-state index in [9.17, 15) is 0 Å². The molecule has 1 atom stereocenters. The maximum Gasteiger partial charge on any atom is 0.0249 e. The quantitative estimate of drug-likeness (QED) is 0.542. The first kappa shape index (κ1) is 17.6. The molecule has 0 amide bonds. The van der Waals surface area contributed by atoms with E-state index in [1.807, 2.05) is 0 Å². The van der Waals surface area contributed by atoms with Gasteiger partial charge in [0, 0.05) is 5.56 Å². The molecule has 0 heteroatoms. The summed E-state index contributed by atoms with van der Waals surface area (Å²) in [4.78, 5) is 0. The Labute approximate surface area is 153 Å². The third kappa shape index (κ3) is 4.86. The van der Waals surface area contributed by atoms with Crippen molar-refractivity contribution >= 4 is 0 Å². The number of rotatable bonds is 4. The van der Waals surface area contributed by atoms with Gasteiger partial charge in [0.1, 0.15) is 0 Å². The van der Waals surface area contributed by atoms with E-state index in [4.69, 9.17) is 0 Å². The smallest absolute Gasteiger partial charge is 0.0249 e. The predicted molar refractivity (Wildman–Crippen MR) is 108 cm³/mol. The van der Waals surface area contributed by atoms with E-state index in [1.54, 1.807) is 0 Å². The van der Waals surface area contributed by atoms with Crippen molar-refractivity contribution in [3.63, 3.8) is 0 Å². The van der Waals surface area contributed by atoms with Gasteiger partial charge in [-0.1, -0.05) is 81.0 Å². The molecule has 0 bridgehead atoms. The zero-order valence-corrected chi connectivity index (χ0v) is 15.5. The summed E-state index contributed by atoms with van der Waals surface area (Å²) in [6, 6.07) is 17.5. The Hall–Kier alpha value is -2.26. The number of hydrogen-bond donors (Lipinski definition) is 0. The van der Waals surface area contributed by atoms with Crippen LogP contribution >= 0.6 is 0 Å². The summed E-state index contributed by atoms with van der Waals surface area (Å²) >= 11 is 0. The molecular weight excluding hydrogens is 300 g/mol. The molecule has 0 aromatic heterocycles. The predicted octanol–water partition coefficient (Wildman–Crippen LogP) is 6.79. The van der Waals surface area contributed by atoms with Crippen molar-refractivity contribution in [3.8, 4) is 23.0 Å². The lowest BCUT2D eigenvalue weighted by Crippen LogP contribution is -2.04. The van der Waals surface area contributed by atoms with Gasteiger partial charge in [0.15, 0.2) is 0 Å². The summed E-state index contributed by atoms with van der Waals surface area (Å²) in [6.45, 7) is 4.47. The van der Waals surface area contributed by atoms with Gasteiger partial charge in [0.05, 0.1) is 0 Å². The Morgan fingerprint density at radius 1 is 0.880 bits per heavy atom. The van der Waals surface area contributed by atoms with E-state index in [2.05, 4.69) is 80.3 Å². The molecule has 0 N–H and O–H groups in total. The molecule has 1 aliphatic carbocycles. The molecular formula is C25H28. The Kier molecular flexibility index (Phi) is 6.13. The average Bonchev–Trinajstić information content (AvgIpc) is 2.68. The molecule has 1 unspecified atom stereocenters. The Bertz CT molecular complexity index is 764. The number of benzene rings is 2. The summed E-state index contributed by atoms with van der Waals surface area (Å²) in [7, 11) is 0. The molecule has 128 valence electrons. The maximum absolute atomic E-state index is 3.39. The van der Waals surface area contributed by atoms with E-state index in [-0.39, 0.29) is 0 Å². The lowest BCUT2D eigenvalue weighted by Gasteiger charge is -2.18. The maximum atomic E-state index is 3.39. The highest BCUT2D eigenvalue weighted by Crippen LogP contribution is 2.26. The van der Waals surface area contributed by atoms with E-state index in [0.717, 1.165) is 24.3 Å². The Morgan fingerprint density at radius 3 is 2.12 bits per heavy atom. The van der Waals surface area contributed by atoms with E-state index >= 15 is 0 Å². The number of aryl methyl sites for hydroxylation is 1. The fraction of sp³-hybridized carbons (Fsp3) is 0.360. The number of hydrogen-bond acceptors (Lipinski definition) is 0. The van der Waals surface area contributed by atoms with Gasteiger partial charge in [-0.25, -0.2) is 0 Å². The van der Waals surface area contributed by atoms with Crippen LogP contribution in [-0.2, 0) is 6.42 Å². The molecule has 2 aromatic rings. The molecule has 0 radical (unpaired) electrons. The monoisotopic (exact) mass is 328 g/mol. The van der Waals surface area contributed by atoms with Crippen LogP contribution in [0, 0.1) is 17.8 Å². The van der Waals surface area contributed by atoms with Gasteiger partial charge >= 0.3 is 0 Å². The molecule has 0 aliphatic heterocycles. The normalized spacial score (nSPS) is 16.7. The first-order valence-corrected chi connectivity index (χ1v) is 9.69. The van der Waals surface area contributed by atoms with Crippen LogP contribution in [0.5, 0.6) is 0 Å². The van der Waals surface area contributed by atoms with Crippen molar-refractivity contribution < 1.29 is 0 Å². The third-order valence-corrected chi connectivity index (χ3v) is 5.16. The molecule has 2 aromatic carbocycles. The van der Waals surface area contributed by atoms with Crippen LogP contribution in [0.25, 0.3) is 11.1 Å². The lowest BCUT2D eigenvalue weighted by atomic mass is 9.87. The first-order chi connectivity index (χ1) is 12.3. The van der Waals surface area contributed by atoms with Gasteiger partial charge in [-0.15, -0.1) is 0 Å². The van der Waals surface area contributed by atoms with Crippen LogP contribution in [0.2, 0.25) is 0 Å². The van der Waals surface area contributed by atoms with E-state index in [1.165, 1.54) is 47.9 Å². The summed E-state index contributed by atoms with van der Waals surface area (Å²) < 4.78 is 0. The van der Waals surface area contributed by atoms with Gasteiger partial charge in [-0.05, 0) is 66.0 Å². The Morgan fingerprint density at radius 2 is 1.56 bits per heavy atom. The Balaban J connectivity index is 1.65. The van der Waals surface area contributed by atoms with Crippen molar-refractivity contribution in [1.82, 2.24) is 0 Å². The second-order valence-corrected chi connectivity index (χ2v) is 7.04. The molecule has 0 saturated carbocycles. The van der Waals surface area contributed by atoms with E-state index in [0.29, 0.717) is 0 Å². The third-order valence-electron chi connectivity index (χ3n) is 5.16. The average molecular weight is 328 g/mol. The largest absolute Gasteiger partial charge is 0.0726 e. The second-order valence-electron chi connectivity index (χ2n) is 7.04. The molecule has 0 spiro atoms. The topological polar surface area (TPSA) is 0 Å². The summed E-state index contributed by atoms with van der Waals surface area (Å²) in [5, 5.41) is 0. The van der Waals surface area contributed by atoms with Gasteiger partial charge in [0.2, 0.25) is 0 Å². The van der Waals surface area contributed by atoms with Crippen molar-refractivity contribution in [2.75, 3.05) is 0 Å². The van der Waals surface area contributed by atoms with Gasteiger partial charge < -0.3 is 0 Å². The standard InChI is InChI=1S/C25H28/c1-3-5-21-6-8-22(9-7-21)10-11-23-14-18-25(19-15-23)24-16-12-20(4-2)13-17-24/h8,12-19,21H,3-7,9H2,1-2H3. The van der Waals surface area contributed by atoms with Crippen molar-refractivity contribution in [3.05, 3.63) is 71.3 Å². The van der Waals surface area contributed by atoms with Crippen LogP contribution in [0.3, 0.4) is 0 Å². The van der Waals surface area contributed by atoms with Crippen LogP contribution in [0.15, 0.2) is 60.2 Å². The molecule has 1 aliphatic rings. The van der Waals surface area contributed by atoms with E-state index < -0.39 is 0 Å². The molecule has 0 nitrogen and oxygen atoms in total. The molecule has 3 rings (SSSR count). The van der Waals surface area contributed by atoms with Crippen LogP contribution < -0.4 is 0 Å². The van der Waals surface area contributed by atoms with Crippen LogP contribution in [0.1, 0.15) is 57.1 Å². The highest BCUT2D eigenvalue weighted by Gasteiger charge is 2.12. The fourth-order valence-corrected chi connectivity index (χ4v) is 3.50. The van der Waals surface area contributed by atoms with Crippen molar-refractivity contribution in [2.45, 2.75) is 52.4 Å². The lowest BCUT2D eigenvalue weighted by molar-refractivity contribution is 0.436. The summed E-state index contributed by atoms with van der Waals surface area (Å²) in [5.74, 6) is 7.61. The molecule has 0 fully saturated rings. The zero-order valence-electron chi connectivity index (χ0n) is 15.5. The fourth-order valence-electron chi connectivity index (χ4n) is 3.50. The SMILES string of the molecule is CCCC1CC=C(C#Cc2ccc(-c3ccc(CC)cc3)cc2)CC1. The zero-order chi connectivity index (χ0) is 17.5. The minimum absolute atomic E-state index is 0.883. The molecule has 0 heterocycles. The molecule has 0 saturated heterocycles. The van der Waals surface area contributed by atoms with Crippen molar-refractivity contribution in [1.29, 1.82) is 0 Å². The highest BCUT2D eigenvalue weighted by molar-refractivity contribution is 5.64. The minimum atomic E-state index is 0.883. The van der Waals surface area contributed by atoms with Crippen LogP contribution in [0.4, 0.5) is 0 Å². The molecule has 25 heavy (non-hydrogen) atoms. The van der Waals surface area contributed by atoms with Gasteiger partial charge in [-0.3, -0.25) is 0 Å². The van der Waals surface area contributed by atoms with Crippen molar-refractivity contribution in [2.24, 2.45) is 5.92 Å². The highest BCUT2D eigenvalue weighted by atomic mass is 14.2. The van der Waals surface area contributed by atoms with Crippen LogP contribution in [-0.4, -0.2) is 0 Å². The van der Waals surface area contributed by atoms with Gasteiger partial charge in [0.25, 0.3) is 0 Å². The summed E-state index contributed by atoms with van der Waals surface area (Å²) in [6.07, 6.45) is 9.78. The first-order valence-electron chi connectivity index (χ1n) is 9.69. The second kappa shape index (κ2) is 8.72. The van der Waals surface area contributed by atoms with Gasteiger partial charge in [-0.2, -0.15) is 0 Å². The number of allylic oxidation sites excluding steroid dienone is 2.